The minimum Gasteiger partial charge on any atom is -0.328 e. The lowest BCUT2D eigenvalue weighted by atomic mass is 10.1. The molecule has 0 radical (unpaired) electrons. The number of aryl methyl sites for hydroxylation is 1. The van der Waals surface area contributed by atoms with Crippen molar-refractivity contribution in [1.29, 1.82) is 0 Å². The van der Waals surface area contributed by atoms with Gasteiger partial charge >= 0.3 is 0 Å². The minimum atomic E-state index is 0.216. The number of fused-ring (bicyclic) bond motifs is 2. The highest BCUT2D eigenvalue weighted by Gasteiger charge is 2.22. The van der Waals surface area contributed by atoms with E-state index in [-0.39, 0.29) is 5.78 Å². The summed E-state index contributed by atoms with van der Waals surface area (Å²) < 4.78 is 2.33. The van der Waals surface area contributed by atoms with E-state index in [1.807, 2.05) is 18.3 Å². The van der Waals surface area contributed by atoms with Gasteiger partial charge in [0.15, 0.2) is 5.78 Å². The van der Waals surface area contributed by atoms with Crippen molar-refractivity contribution in [3.63, 3.8) is 0 Å². The summed E-state index contributed by atoms with van der Waals surface area (Å²) in [6.07, 6.45) is 8.18. The van der Waals surface area contributed by atoms with E-state index in [1.165, 1.54) is 37.2 Å². The van der Waals surface area contributed by atoms with Crippen LogP contribution in [0.5, 0.6) is 0 Å². The standard InChI is InChI=1S/C23H27N5O/c1-16-5-4-9-27(16)15-20(29)13-19-12-18-11-17(7-8-21(18)26-25-19)22-14-24-23-6-2-3-10-28(22)23/h7-8,11-12,14,16H,2-6,9-10,13,15H2,1H3/t16-/m1/s1. The number of likely N-dealkylation sites (tertiary alicyclic amines) is 1. The van der Waals surface area contributed by atoms with Crippen LogP contribution in [0.1, 0.15) is 44.1 Å². The first-order chi connectivity index (χ1) is 14.2. The Morgan fingerprint density at radius 2 is 2.07 bits per heavy atom. The maximum Gasteiger partial charge on any atom is 0.152 e. The zero-order valence-electron chi connectivity index (χ0n) is 17.0. The molecule has 0 spiro atoms. The molecule has 6 nitrogen and oxygen atoms in total. The first kappa shape index (κ1) is 18.4. The molecule has 0 saturated carbocycles. The highest BCUT2D eigenvalue weighted by Crippen LogP contribution is 2.27. The van der Waals surface area contributed by atoms with Crippen LogP contribution in [0.15, 0.2) is 30.5 Å². The maximum absolute atomic E-state index is 12.5. The molecule has 0 amide bonds. The smallest absolute Gasteiger partial charge is 0.152 e. The summed E-state index contributed by atoms with van der Waals surface area (Å²) in [6.45, 7) is 4.77. The normalized spacial score (nSPS) is 19.6. The summed E-state index contributed by atoms with van der Waals surface area (Å²) in [5, 5.41) is 9.68. The molecule has 2 aliphatic rings. The molecule has 0 unspecified atom stereocenters. The number of rotatable bonds is 5. The van der Waals surface area contributed by atoms with Crippen LogP contribution in [-0.2, 0) is 24.2 Å². The second-order valence-electron chi connectivity index (χ2n) is 8.45. The zero-order chi connectivity index (χ0) is 19.8. The number of imidazole rings is 1. The largest absolute Gasteiger partial charge is 0.328 e. The predicted molar refractivity (Wildman–Crippen MR) is 113 cm³/mol. The number of benzene rings is 1. The Kier molecular flexibility index (Phi) is 4.87. The fourth-order valence-electron chi connectivity index (χ4n) is 4.69. The Morgan fingerprint density at radius 1 is 1.14 bits per heavy atom. The molecule has 29 heavy (non-hydrogen) atoms. The van der Waals surface area contributed by atoms with E-state index in [9.17, 15) is 4.79 Å². The summed E-state index contributed by atoms with van der Waals surface area (Å²) >= 11 is 0. The fraction of sp³-hybridized carbons (Fsp3) is 0.478. The highest BCUT2D eigenvalue weighted by molar-refractivity contribution is 5.86. The highest BCUT2D eigenvalue weighted by atomic mass is 16.1. The van der Waals surface area contributed by atoms with Gasteiger partial charge in [0.1, 0.15) is 5.82 Å². The number of hydrogen-bond donors (Lipinski definition) is 0. The van der Waals surface area contributed by atoms with E-state index in [4.69, 9.17) is 0 Å². The molecule has 1 saturated heterocycles. The number of carbonyl (C=O) groups is 1. The lowest BCUT2D eigenvalue weighted by molar-refractivity contribution is -0.119. The van der Waals surface area contributed by atoms with E-state index in [1.54, 1.807) is 0 Å². The summed E-state index contributed by atoms with van der Waals surface area (Å²) in [4.78, 5) is 19.4. The third-order valence-electron chi connectivity index (χ3n) is 6.35. The van der Waals surface area contributed by atoms with E-state index in [0.29, 0.717) is 19.0 Å². The maximum atomic E-state index is 12.5. The van der Waals surface area contributed by atoms with Gasteiger partial charge in [-0.25, -0.2) is 4.98 Å². The van der Waals surface area contributed by atoms with Gasteiger partial charge in [0, 0.05) is 30.0 Å². The van der Waals surface area contributed by atoms with Gasteiger partial charge in [-0.15, -0.1) is 0 Å². The van der Waals surface area contributed by atoms with Crippen molar-refractivity contribution in [2.45, 2.75) is 58.0 Å². The Morgan fingerprint density at radius 3 is 2.93 bits per heavy atom. The van der Waals surface area contributed by atoms with Gasteiger partial charge in [0.05, 0.1) is 36.1 Å². The van der Waals surface area contributed by atoms with E-state index in [2.05, 4.69) is 43.7 Å². The van der Waals surface area contributed by atoms with Crippen LogP contribution in [0.25, 0.3) is 22.2 Å². The molecular formula is C23H27N5O. The average molecular weight is 390 g/mol. The van der Waals surface area contributed by atoms with Crippen LogP contribution >= 0.6 is 0 Å². The van der Waals surface area contributed by atoms with E-state index >= 15 is 0 Å². The number of Topliss-reactive ketones (excluding diaryl/α,β-unsaturated/α-hetero) is 1. The Bertz CT molecular complexity index is 1060. The Hall–Kier alpha value is -2.60. The zero-order valence-corrected chi connectivity index (χ0v) is 17.0. The number of nitrogens with zero attached hydrogens (tertiary/aromatic N) is 5. The van der Waals surface area contributed by atoms with Crippen LogP contribution in [-0.4, -0.2) is 49.6 Å². The Balaban J connectivity index is 1.38. The van der Waals surface area contributed by atoms with Gasteiger partial charge in [-0.1, -0.05) is 6.07 Å². The van der Waals surface area contributed by atoms with E-state index < -0.39 is 0 Å². The molecule has 3 aromatic rings. The van der Waals surface area contributed by atoms with Gasteiger partial charge in [-0.3, -0.25) is 9.69 Å². The van der Waals surface area contributed by atoms with Gasteiger partial charge < -0.3 is 4.57 Å². The van der Waals surface area contributed by atoms with Crippen molar-refractivity contribution in [3.8, 4) is 11.3 Å². The number of aromatic nitrogens is 4. The molecule has 5 rings (SSSR count). The monoisotopic (exact) mass is 389 g/mol. The minimum absolute atomic E-state index is 0.216. The van der Waals surface area contributed by atoms with Gasteiger partial charge in [-0.2, -0.15) is 10.2 Å². The number of ketones is 1. The van der Waals surface area contributed by atoms with Gasteiger partial charge in [0.25, 0.3) is 0 Å². The molecule has 0 N–H and O–H groups in total. The van der Waals surface area contributed by atoms with Crippen molar-refractivity contribution < 1.29 is 4.79 Å². The van der Waals surface area contributed by atoms with Gasteiger partial charge in [-0.05, 0) is 57.4 Å². The molecule has 1 fully saturated rings. The van der Waals surface area contributed by atoms with Crippen LogP contribution in [0.4, 0.5) is 0 Å². The van der Waals surface area contributed by atoms with Crippen LogP contribution < -0.4 is 0 Å². The lowest BCUT2D eigenvalue weighted by Crippen LogP contribution is -2.33. The molecule has 1 aromatic carbocycles. The first-order valence-electron chi connectivity index (χ1n) is 10.7. The van der Waals surface area contributed by atoms with Crippen molar-refractivity contribution in [2.24, 2.45) is 0 Å². The molecule has 0 bridgehead atoms. The molecule has 6 heteroatoms. The molecule has 150 valence electrons. The van der Waals surface area contributed by atoms with Crippen molar-refractivity contribution in [2.75, 3.05) is 13.1 Å². The topological polar surface area (TPSA) is 63.9 Å². The average Bonchev–Trinajstić information content (AvgIpc) is 3.34. The van der Waals surface area contributed by atoms with Crippen LogP contribution in [0, 0.1) is 0 Å². The fourth-order valence-corrected chi connectivity index (χ4v) is 4.69. The summed E-state index contributed by atoms with van der Waals surface area (Å²) in [6, 6.07) is 8.78. The van der Waals surface area contributed by atoms with Crippen LogP contribution in [0.3, 0.4) is 0 Å². The van der Waals surface area contributed by atoms with Crippen molar-refractivity contribution in [3.05, 3.63) is 42.0 Å². The quantitative estimate of drug-likeness (QED) is 0.669. The van der Waals surface area contributed by atoms with E-state index in [0.717, 1.165) is 41.7 Å². The molecule has 0 aliphatic carbocycles. The number of hydrogen-bond acceptors (Lipinski definition) is 5. The summed E-state index contributed by atoms with van der Waals surface area (Å²) in [7, 11) is 0. The summed E-state index contributed by atoms with van der Waals surface area (Å²) in [5.74, 6) is 1.40. The second kappa shape index (κ2) is 7.67. The molecule has 2 aromatic heterocycles. The molecule has 2 aliphatic heterocycles. The summed E-state index contributed by atoms with van der Waals surface area (Å²) in [5.41, 5.74) is 3.92. The van der Waals surface area contributed by atoms with Crippen molar-refractivity contribution >= 4 is 16.7 Å². The first-order valence-corrected chi connectivity index (χ1v) is 10.7. The van der Waals surface area contributed by atoms with Crippen molar-refractivity contribution in [1.82, 2.24) is 24.6 Å². The third-order valence-corrected chi connectivity index (χ3v) is 6.35. The molecule has 4 heterocycles. The Labute approximate surface area is 171 Å². The molecular weight excluding hydrogens is 362 g/mol. The number of carbonyl (C=O) groups excluding carboxylic acids is 1. The second-order valence-corrected chi connectivity index (χ2v) is 8.45. The molecule has 1 atom stereocenters. The van der Waals surface area contributed by atoms with Gasteiger partial charge in [0.2, 0.25) is 0 Å². The van der Waals surface area contributed by atoms with Crippen LogP contribution in [0.2, 0.25) is 0 Å². The third kappa shape index (κ3) is 3.69. The predicted octanol–water partition coefficient (Wildman–Crippen LogP) is 3.43. The lowest BCUT2D eigenvalue weighted by Gasteiger charge is -2.19. The SMILES string of the molecule is C[C@@H]1CCCN1CC(=O)Cc1cc2cc(-c3cnc4n3CCCC4)ccc2nn1.